The number of ether oxygens (including phenoxy) is 1. The van der Waals surface area contributed by atoms with Crippen LogP contribution in [0.2, 0.25) is 5.02 Å². The third kappa shape index (κ3) is 3.45. The van der Waals surface area contributed by atoms with Gasteiger partial charge < -0.3 is 9.64 Å². The van der Waals surface area contributed by atoms with E-state index in [4.69, 9.17) is 16.3 Å². The molecule has 1 atom stereocenters. The van der Waals surface area contributed by atoms with Crippen LogP contribution in [0, 0.1) is 0 Å². The third-order valence-electron chi connectivity index (χ3n) is 3.81. The Morgan fingerprint density at radius 3 is 2.65 bits per heavy atom. The summed E-state index contributed by atoms with van der Waals surface area (Å²) in [6, 6.07) is 5.91. The van der Waals surface area contributed by atoms with E-state index in [1.807, 2.05) is 32.0 Å². The Balaban J connectivity index is 2.14. The van der Waals surface area contributed by atoms with Crippen LogP contribution in [0.1, 0.15) is 44.6 Å². The zero-order valence-electron chi connectivity index (χ0n) is 12.2. The predicted octanol–water partition coefficient (Wildman–Crippen LogP) is 4.00. The molecule has 0 N–H and O–H groups in total. The molecule has 1 aromatic rings. The van der Waals surface area contributed by atoms with E-state index in [0.717, 1.165) is 29.4 Å². The lowest BCUT2D eigenvalue weighted by atomic mass is 10.0. The second-order valence-corrected chi connectivity index (χ2v) is 5.64. The summed E-state index contributed by atoms with van der Waals surface area (Å²) in [5.41, 5.74) is 1.99. The number of benzene rings is 1. The first-order valence-electron chi connectivity index (χ1n) is 7.34. The van der Waals surface area contributed by atoms with Gasteiger partial charge in [-0.3, -0.25) is 4.79 Å². The number of nitrogens with zero attached hydrogens (tertiary/aromatic N) is 1. The van der Waals surface area contributed by atoms with Crippen molar-refractivity contribution in [3.8, 4) is 0 Å². The summed E-state index contributed by atoms with van der Waals surface area (Å²) in [4.78, 5) is 14.1. The molecule has 4 heteroatoms. The van der Waals surface area contributed by atoms with Gasteiger partial charge in [0, 0.05) is 13.1 Å². The molecule has 1 aliphatic heterocycles. The first-order chi connectivity index (χ1) is 9.63. The Morgan fingerprint density at radius 1 is 1.35 bits per heavy atom. The summed E-state index contributed by atoms with van der Waals surface area (Å²) in [6.07, 6.45) is 3.74. The molecule has 0 bridgehead atoms. The minimum absolute atomic E-state index is 0.200. The van der Waals surface area contributed by atoms with Gasteiger partial charge in [-0.05, 0) is 50.8 Å². The van der Waals surface area contributed by atoms with Crippen LogP contribution >= 0.6 is 11.6 Å². The summed E-state index contributed by atoms with van der Waals surface area (Å²) >= 11 is 6.39. The van der Waals surface area contributed by atoms with Crippen molar-refractivity contribution in [2.75, 3.05) is 24.6 Å². The van der Waals surface area contributed by atoms with Gasteiger partial charge in [0.05, 0.1) is 23.2 Å². The van der Waals surface area contributed by atoms with Crippen LogP contribution in [-0.4, -0.2) is 25.7 Å². The fourth-order valence-corrected chi connectivity index (χ4v) is 2.90. The average molecular weight is 296 g/mol. The van der Waals surface area contributed by atoms with Crippen molar-refractivity contribution in [1.82, 2.24) is 0 Å². The normalized spacial score (nSPS) is 16.9. The molecule has 1 saturated heterocycles. The second-order valence-electron chi connectivity index (χ2n) is 5.23. The zero-order valence-corrected chi connectivity index (χ0v) is 12.9. The van der Waals surface area contributed by atoms with Gasteiger partial charge >= 0.3 is 5.97 Å². The highest BCUT2D eigenvalue weighted by Gasteiger charge is 2.19. The number of hydrogen-bond acceptors (Lipinski definition) is 3. The Morgan fingerprint density at radius 2 is 2.05 bits per heavy atom. The molecule has 1 fully saturated rings. The molecule has 1 aliphatic rings. The van der Waals surface area contributed by atoms with Crippen LogP contribution < -0.4 is 4.90 Å². The van der Waals surface area contributed by atoms with E-state index in [2.05, 4.69) is 4.90 Å². The number of piperidine rings is 1. The summed E-state index contributed by atoms with van der Waals surface area (Å²) in [5, 5.41) is 0.723. The molecule has 0 aliphatic carbocycles. The average Bonchev–Trinajstić information content (AvgIpc) is 2.47. The lowest BCUT2D eigenvalue weighted by Crippen LogP contribution is -2.29. The van der Waals surface area contributed by atoms with E-state index in [1.54, 1.807) is 0 Å². The topological polar surface area (TPSA) is 29.5 Å². The summed E-state index contributed by atoms with van der Waals surface area (Å²) in [7, 11) is 0. The molecule has 0 aromatic heterocycles. The van der Waals surface area contributed by atoms with Gasteiger partial charge in [-0.15, -0.1) is 0 Å². The molecular formula is C16H22ClNO2. The molecule has 0 unspecified atom stereocenters. The summed E-state index contributed by atoms with van der Waals surface area (Å²) in [5.74, 6) is -0.475. The lowest BCUT2D eigenvalue weighted by Gasteiger charge is -2.30. The van der Waals surface area contributed by atoms with Crippen molar-refractivity contribution in [2.24, 2.45) is 0 Å². The number of halogens is 1. The molecule has 1 heterocycles. The monoisotopic (exact) mass is 295 g/mol. The minimum atomic E-state index is -0.275. The predicted molar refractivity (Wildman–Crippen MR) is 82.6 cm³/mol. The Labute approximate surface area is 125 Å². The zero-order chi connectivity index (χ0) is 14.5. The van der Waals surface area contributed by atoms with Crippen LogP contribution in [-0.2, 0) is 9.53 Å². The number of rotatable bonds is 4. The van der Waals surface area contributed by atoms with Crippen LogP contribution in [0.5, 0.6) is 0 Å². The molecule has 110 valence electrons. The fourth-order valence-electron chi connectivity index (χ4n) is 2.59. The first kappa shape index (κ1) is 15.2. The van der Waals surface area contributed by atoms with Crippen molar-refractivity contribution in [2.45, 2.75) is 39.0 Å². The van der Waals surface area contributed by atoms with Gasteiger partial charge in [0.1, 0.15) is 0 Å². The van der Waals surface area contributed by atoms with E-state index >= 15 is 0 Å². The molecule has 20 heavy (non-hydrogen) atoms. The molecule has 2 rings (SSSR count). The molecule has 0 amide bonds. The van der Waals surface area contributed by atoms with Crippen molar-refractivity contribution in [1.29, 1.82) is 0 Å². The Hall–Kier alpha value is -1.22. The van der Waals surface area contributed by atoms with Crippen molar-refractivity contribution in [3.63, 3.8) is 0 Å². The van der Waals surface area contributed by atoms with Gasteiger partial charge in [0.2, 0.25) is 0 Å². The van der Waals surface area contributed by atoms with E-state index < -0.39 is 0 Å². The Bertz CT molecular complexity index is 470. The van der Waals surface area contributed by atoms with Crippen LogP contribution in [0.3, 0.4) is 0 Å². The van der Waals surface area contributed by atoms with Crippen molar-refractivity contribution < 1.29 is 9.53 Å². The van der Waals surface area contributed by atoms with E-state index in [1.165, 1.54) is 19.3 Å². The van der Waals surface area contributed by atoms with Crippen LogP contribution in [0.25, 0.3) is 0 Å². The molecule has 0 saturated carbocycles. The second kappa shape index (κ2) is 6.98. The van der Waals surface area contributed by atoms with E-state index in [0.29, 0.717) is 6.61 Å². The molecular weight excluding hydrogens is 274 g/mol. The molecule has 3 nitrogen and oxygen atoms in total. The SMILES string of the molecule is CCOC(=O)[C@H](C)c1ccc(N2CCCCC2)c(Cl)c1. The van der Waals surface area contributed by atoms with Crippen molar-refractivity contribution in [3.05, 3.63) is 28.8 Å². The maximum atomic E-state index is 11.8. The standard InChI is InChI=1S/C16H22ClNO2/c1-3-20-16(19)12(2)13-7-8-15(14(17)11-13)18-9-5-4-6-10-18/h7-8,11-12H,3-6,9-10H2,1-2H3/t12-/m1/s1. The van der Waals surface area contributed by atoms with Crippen LogP contribution in [0.15, 0.2) is 18.2 Å². The molecule has 0 spiro atoms. The summed E-state index contributed by atoms with van der Waals surface area (Å²) < 4.78 is 5.05. The van der Waals surface area contributed by atoms with Crippen molar-refractivity contribution >= 4 is 23.3 Å². The van der Waals surface area contributed by atoms with Gasteiger partial charge in [-0.25, -0.2) is 0 Å². The highest BCUT2D eigenvalue weighted by molar-refractivity contribution is 6.33. The maximum Gasteiger partial charge on any atom is 0.313 e. The number of hydrogen-bond donors (Lipinski definition) is 0. The van der Waals surface area contributed by atoms with E-state index in [9.17, 15) is 4.79 Å². The maximum absolute atomic E-state index is 11.8. The van der Waals surface area contributed by atoms with Gasteiger partial charge in [-0.1, -0.05) is 17.7 Å². The highest BCUT2D eigenvalue weighted by atomic mass is 35.5. The largest absolute Gasteiger partial charge is 0.466 e. The molecule has 0 radical (unpaired) electrons. The summed E-state index contributed by atoms with van der Waals surface area (Å²) in [6.45, 7) is 6.20. The molecule has 1 aromatic carbocycles. The number of anilines is 1. The van der Waals surface area contributed by atoms with Crippen LogP contribution in [0.4, 0.5) is 5.69 Å². The lowest BCUT2D eigenvalue weighted by molar-refractivity contribution is -0.144. The quantitative estimate of drug-likeness (QED) is 0.787. The highest BCUT2D eigenvalue weighted by Crippen LogP contribution is 2.31. The minimum Gasteiger partial charge on any atom is -0.466 e. The number of esters is 1. The number of carbonyl (C=O) groups excluding carboxylic acids is 1. The smallest absolute Gasteiger partial charge is 0.313 e. The van der Waals surface area contributed by atoms with Gasteiger partial charge in [-0.2, -0.15) is 0 Å². The first-order valence-corrected chi connectivity index (χ1v) is 7.72. The number of carbonyl (C=O) groups is 1. The fraction of sp³-hybridized carbons (Fsp3) is 0.562. The van der Waals surface area contributed by atoms with E-state index in [-0.39, 0.29) is 11.9 Å². The Kier molecular flexibility index (Phi) is 5.30. The third-order valence-corrected chi connectivity index (χ3v) is 4.11. The van der Waals surface area contributed by atoms with Gasteiger partial charge in [0.15, 0.2) is 0 Å². The van der Waals surface area contributed by atoms with Gasteiger partial charge in [0.25, 0.3) is 0 Å².